The summed E-state index contributed by atoms with van der Waals surface area (Å²) in [5, 5.41) is 2.47. The van der Waals surface area contributed by atoms with Crippen LogP contribution in [0.5, 0.6) is 0 Å². The molecule has 0 spiro atoms. The van der Waals surface area contributed by atoms with E-state index in [2.05, 4.69) is 15.0 Å². The molecule has 0 atom stereocenters. The number of halogens is 2. The summed E-state index contributed by atoms with van der Waals surface area (Å²) in [6.07, 6.45) is 0. The van der Waals surface area contributed by atoms with Crippen LogP contribution in [0.25, 0.3) is 4.91 Å². The molecule has 6 nitrogen and oxygen atoms in total. The molecule has 0 aliphatic carbocycles. The second kappa shape index (κ2) is 7.28. The van der Waals surface area contributed by atoms with Crippen molar-refractivity contribution in [1.29, 1.82) is 0 Å². The van der Waals surface area contributed by atoms with Crippen molar-refractivity contribution >= 4 is 32.4 Å². The van der Waals surface area contributed by atoms with Crippen LogP contribution in [0.15, 0.2) is 59.1 Å². The van der Waals surface area contributed by atoms with E-state index in [1.165, 1.54) is 30.3 Å². The Balaban J connectivity index is 1.80. The number of nitrogens with one attached hydrogen (secondary N) is 2. The molecule has 1 heterocycles. The van der Waals surface area contributed by atoms with Gasteiger partial charge in [0.2, 0.25) is 5.91 Å². The van der Waals surface area contributed by atoms with E-state index >= 15 is 0 Å². The highest BCUT2D eigenvalue weighted by atomic mass is 32.2. The molecule has 9 heteroatoms. The first-order chi connectivity index (χ1) is 12.8. The number of carbonyl (C=O) groups is 1. The van der Waals surface area contributed by atoms with Crippen molar-refractivity contribution in [2.24, 2.45) is 4.99 Å². The standard InChI is InChI=1S/C18H15F2N3O3S/c1-11-17(12-5-7-13(19)8-6-12)27(25,26)23-18(11)21-10-16(24)22-15-4-2-3-14(20)9-15/h2-9H,10H2,1H3,(H,21,23)(H,22,24). The number of benzene rings is 2. The predicted octanol–water partition coefficient (Wildman–Crippen LogP) is 2.67. The lowest BCUT2D eigenvalue weighted by Crippen LogP contribution is -2.25. The van der Waals surface area contributed by atoms with Crippen LogP contribution in [0.1, 0.15) is 12.5 Å². The van der Waals surface area contributed by atoms with Gasteiger partial charge in [-0.1, -0.05) is 18.2 Å². The van der Waals surface area contributed by atoms with Gasteiger partial charge in [-0.3, -0.25) is 14.5 Å². The molecule has 0 unspecified atom stereocenters. The molecule has 1 amide bonds. The Morgan fingerprint density at radius 1 is 1.11 bits per heavy atom. The summed E-state index contributed by atoms with van der Waals surface area (Å²) in [6, 6.07) is 10.4. The molecule has 1 aliphatic rings. The molecule has 2 N–H and O–H groups in total. The zero-order chi connectivity index (χ0) is 19.6. The number of sulfonamides is 1. The molecule has 1 aliphatic heterocycles. The van der Waals surface area contributed by atoms with E-state index in [0.29, 0.717) is 11.1 Å². The summed E-state index contributed by atoms with van der Waals surface area (Å²) >= 11 is 0. The van der Waals surface area contributed by atoms with Crippen molar-refractivity contribution in [3.63, 3.8) is 0 Å². The second-order valence-electron chi connectivity index (χ2n) is 5.79. The average Bonchev–Trinajstić information content (AvgIpc) is 2.83. The first-order valence-electron chi connectivity index (χ1n) is 7.86. The van der Waals surface area contributed by atoms with Crippen molar-refractivity contribution in [3.05, 3.63) is 71.3 Å². The Morgan fingerprint density at radius 2 is 1.81 bits per heavy atom. The lowest BCUT2D eigenvalue weighted by Gasteiger charge is -2.04. The summed E-state index contributed by atoms with van der Waals surface area (Å²) < 4.78 is 53.2. The van der Waals surface area contributed by atoms with Crippen LogP contribution >= 0.6 is 0 Å². The van der Waals surface area contributed by atoms with Gasteiger partial charge < -0.3 is 5.32 Å². The smallest absolute Gasteiger partial charge is 0.264 e. The number of anilines is 1. The monoisotopic (exact) mass is 391 g/mol. The highest BCUT2D eigenvalue weighted by Gasteiger charge is 2.32. The van der Waals surface area contributed by atoms with Gasteiger partial charge in [0.1, 0.15) is 28.9 Å². The van der Waals surface area contributed by atoms with Gasteiger partial charge in [-0.15, -0.1) is 0 Å². The fraction of sp³-hybridized carbons (Fsp3) is 0.111. The molecule has 140 valence electrons. The van der Waals surface area contributed by atoms with Crippen LogP contribution in [0.3, 0.4) is 0 Å². The van der Waals surface area contributed by atoms with Gasteiger partial charge in [0.25, 0.3) is 10.0 Å². The number of carbonyl (C=O) groups excluding carboxylic acids is 1. The molecule has 0 bridgehead atoms. The third kappa shape index (κ3) is 4.20. The van der Waals surface area contributed by atoms with E-state index < -0.39 is 27.6 Å². The quantitative estimate of drug-likeness (QED) is 0.840. The minimum absolute atomic E-state index is 0.0215. The molecule has 2 aromatic carbocycles. The largest absolute Gasteiger partial charge is 0.324 e. The van der Waals surface area contributed by atoms with E-state index in [0.717, 1.165) is 18.2 Å². The van der Waals surface area contributed by atoms with Crippen molar-refractivity contribution in [2.75, 3.05) is 11.9 Å². The molecule has 2 aromatic rings. The van der Waals surface area contributed by atoms with E-state index in [1.54, 1.807) is 6.92 Å². The van der Waals surface area contributed by atoms with E-state index in [4.69, 9.17) is 0 Å². The fourth-order valence-corrected chi connectivity index (χ4v) is 4.13. The van der Waals surface area contributed by atoms with Gasteiger partial charge in [-0.05, 0) is 42.8 Å². The topological polar surface area (TPSA) is 87.6 Å². The number of hydrogen-bond acceptors (Lipinski definition) is 4. The van der Waals surface area contributed by atoms with Crippen LogP contribution in [-0.2, 0) is 14.8 Å². The number of nitrogens with zero attached hydrogens (tertiary/aromatic N) is 1. The number of amides is 1. The summed E-state index contributed by atoms with van der Waals surface area (Å²) in [4.78, 5) is 15.9. The van der Waals surface area contributed by atoms with Crippen molar-refractivity contribution < 1.29 is 22.0 Å². The third-order valence-electron chi connectivity index (χ3n) is 3.79. The normalized spacial score (nSPS) is 17.1. The van der Waals surface area contributed by atoms with Crippen LogP contribution in [0, 0.1) is 11.6 Å². The van der Waals surface area contributed by atoms with E-state index in [9.17, 15) is 22.0 Å². The molecule has 0 fully saturated rings. The predicted molar refractivity (Wildman–Crippen MR) is 98.4 cm³/mol. The van der Waals surface area contributed by atoms with Crippen LogP contribution in [0.4, 0.5) is 14.5 Å². The molecule has 27 heavy (non-hydrogen) atoms. The van der Waals surface area contributed by atoms with Gasteiger partial charge >= 0.3 is 0 Å². The van der Waals surface area contributed by atoms with Gasteiger partial charge in [0, 0.05) is 11.3 Å². The Labute approximate surface area is 154 Å². The maximum absolute atomic E-state index is 13.1. The number of rotatable bonds is 4. The second-order valence-corrected chi connectivity index (χ2v) is 7.41. The maximum atomic E-state index is 13.1. The molecule has 0 aromatic heterocycles. The number of aliphatic imine (C=N–C) groups is 1. The Bertz CT molecular complexity index is 1060. The Hall–Kier alpha value is -3.07. The van der Waals surface area contributed by atoms with Crippen LogP contribution < -0.4 is 10.0 Å². The summed E-state index contributed by atoms with van der Waals surface area (Å²) in [5.74, 6) is -1.48. The van der Waals surface area contributed by atoms with Crippen molar-refractivity contribution in [2.45, 2.75) is 6.92 Å². The van der Waals surface area contributed by atoms with E-state index in [1.807, 2.05) is 0 Å². The summed E-state index contributed by atoms with van der Waals surface area (Å²) in [5.41, 5.74) is 0.905. The minimum Gasteiger partial charge on any atom is -0.324 e. The third-order valence-corrected chi connectivity index (χ3v) is 5.33. The summed E-state index contributed by atoms with van der Waals surface area (Å²) in [7, 11) is -3.87. The maximum Gasteiger partial charge on any atom is 0.264 e. The molecule has 0 saturated carbocycles. The minimum atomic E-state index is -3.87. The van der Waals surface area contributed by atoms with Crippen molar-refractivity contribution in [1.82, 2.24) is 4.72 Å². The van der Waals surface area contributed by atoms with Crippen LogP contribution in [0.2, 0.25) is 0 Å². The first-order valence-corrected chi connectivity index (χ1v) is 9.34. The Morgan fingerprint density at radius 3 is 2.48 bits per heavy atom. The van der Waals surface area contributed by atoms with Crippen LogP contribution in [-0.4, -0.2) is 26.7 Å². The lowest BCUT2D eigenvalue weighted by atomic mass is 10.1. The van der Waals surface area contributed by atoms with Crippen molar-refractivity contribution in [3.8, 4) is 0 Å². The van der Waals surface area contributed by atoms with Gasteiger partial charge in [0.15, 0.2) is 0 Å². The molecular formula is C18H15F2N3O3S. The fourth-order valence-electron chi connectivity index (χ4n) is 2.61. The highest BCUT2D eigenvalue weighted by Crippen LogP contribution is 2.29. The zero-order valence-electron chi connectivity index (χ0n) is 14.2. The SMILES string of the molecule is CC1=C(c2ccc(F)cc2)S(=O)(=O)NC1=NCC(=O)Nc1cccc(F)c1. The molecule has 3 rings (SSSR count). The molecular weight excluding hydrogens is 376 g/mol. The Kier molecular flexibility index (Phi) is 5.04. The number of hydrogen-bond donors (Lipinski definition) is 2. The molecule has 0 saturated heterocycles. The lowest BCUT2D eigenvalue weighted by molar-refractivity contribution is -0.114. The first kappa shape index (κ1) is 18.7. The van der Waals surface area contributed by atoms with E-state index in [-0.39, 0.29) is 23.0 Å². The average molecular weight is 391 g/mol. The van der Waals surface area contributed by atoms with Gasteiger partial charge in [-0.2, -0.15) is 0 Å². The van der Waals surface area contributed by atoms with Gasteiger partial charge in [-0.25, -0.2) is 17.2 Å². The van der Waals surface area contributed by atoms with Gasteiger partial charge in [0.05, 0.1) is 0 Å². The number of amidine groups is 1. The zero-order valence-corrected chi connectivity index (χ0v) is 15.0. The molecule has 0 radical (unpaired) electrons. The highest BCUT2D eigenvalue weighted by molar-refractivity contribution is 8.00. The summed E-state index contributed by atoms with van der Waals surface area (Å²) in [6.45, 7) is 1.18.